The third-order valence-corrected chi connectivity index (χ3v) is 3.84. The number of likely N-dealkylation sites (tertiary alicyclic amines) is 1. The third-order valence-electron chi connectivity index (χ3n) is 3.84. The molecule has 3 unspecified atom stereocenters. The first kappa shape index (κ1) is 12.4. The van der Waals surface area contributed by atoms with Crippen molar-refractivity contribution in [1.82, 2.24) is 10.2 Å². The minimum absolute atomic E-state index is 0.0141. The maximum Gasteiger partial charge on any atom is 0.328 e. The molecule has 5 nitrogen and oxygen atoms in total. The van der Waals surface area contributed by atoms with Crippen LogP contribution in [0, 0.1) is 11.8 Å². The van der Waals surface area contributed by atoms with Gasteiger partial charge in [0, 0.05) is 13.1 Å². The molecule has 2 aliphatic rings. The number of nitrogens with zero attached hydrogens (tertiary/aromatic N) is 1. The lowest BCUT2D eigenvalue weighted by Gasteiger charge is -2.26. The van der Waals surface area contributed by atoms with E-state index in [9.17, 15) is 9.59 Å². The molecule has 0 spiro atoms. The van der Waals surface area contributed by atoms with E-state index in [0.717, 1.165) is 25.9 Å². The number of methoxy groups -OCH3 is 1. The lowest BCUT2D eigenvalue weighted by molar-refractivity contribution is -0.152. The van der Waals surface area contributed by atoms with Crippen molar-refractivity contribution in [2.75, 3.05) is 26.7 Å². The van der Waals surface area contributed by atoms with Gasteiger partial charge >= 0.3 is 5.97 Å². The van der Waals surface area contributed by atoms with Crippen LogP contribution in [0.3, 0.4) is 0 Å². The fraction of sp³-hybridized carbons (Fsp3) is 0.833. The van der Waals surface area contributed by atoms with Crippen molar-refractivity contribution in [2.45, 2.75) is 25.8 Å². The Balaban J connectivity index is 2.05. The molecule has 1 N–H and O–H groups in total. The molecule has 2 aliphatic heterocycles. The minimum Gasteiger partial charge on any atom is -0.467 e. The van der Waals surface area contributed by atoms with Crippen molar-refractivity contribution in [3.8, 4) is 0 Å². The zero-order valence-corrected chi connectivity index (χ0v) is 10.4. The molecular formula is C12H20N2O3. The normalized spacial score (nSPS) is 32.8. The number of hydrogen-bond donors (Lipinski definition) is 1. The predicted molar refractivity (Wildman–Crippen MR) is 62.3 cm³/mol. The largest absolute Gasteiger partial charge is 0.467 e. The number of nitrogens with one attached hydrogen (secondary N) is 1. The summed E-state index contributed by atoms with van der Waals surface area (Å²) in [6.07, 6.45) is 1.62. The van der Waals surface area contributed by atoms with Crippen molar-refractivity contribution in [2.24, 2.45) is 11.8 Å². The fourth-order valence-corrected chi connectivity index (χ4v) is 2.77. The van der Waals surface area contributed by atoms with Crippen molar-refractivity contribution in [1.29, 1.82) is 0 Å². The van der Waals surface area contributed by atoms with Crippen LogP contribution in [0.1, 0.15) is 19.8 Å². The second-order valence-corrected chi connectivity index (χ2v) is 4.95. The molecular weight excluding hydrogens is 220 g/mol. The van der Waals surface area contributed by atoms with Gasteiger partial charge in [-0.25, -0.2) is 4.79 Å². The summed E-state index contributed by atoms with van der Waals surface area (Å²) in [6, 6.07) is -0.361. The Bertz CT molecular complexity index is 319. The van der Waals surface area contributed by atoms with Gasteiger partial charge in [-0.1, -0.05) is 6.92 Å². The van der Waals surface area contributed by atoms with Crippen LogP contribution in [0.4, 0.5) is 0 Å². The number of carbonyl (C=O) groups excluding carboxylic acids is 2. The zero-order chi connectivity index (χ0) is 12.4. The quantitative estimate of drug-likeness (QED) is 0.691. The molecule has 0 aromatic heterocycles. The summed E-state index contributed by atoms with van der Waals surface area (Å²) in [5.74, 6) is 0.187. The summed E-state index contributed by atoms with van der Waals surface area (Å²) < 4.78 is 4.76. The van der Waals surface area contributed by atoms with Crippen molar-refractivity contribution in [3.63, 3.8) is 0 Å². The number of amides is 1. The SMILES string of the molecule is COC(=O)C1CCCN1C(=O)C1CNCC1C. The summed E-state index contributed by atoms with van der Waals surface area (Å²) in [4.78, 5) is 25.7. The first-order valence-electron chi connectivity index (χ1n) is 6.24. The van der Waals surface area contributed by atoms with Gasteiger partial charge in [-0.2, -0.15) is 0 Å². The Morgan fingerprint density at radius 2 is 2.12 bits per heavy atom. The minimum atomic E-state index is -0.361. The zero-order valence-electron chi connectivity index (χ0n) is 10.4. The summed E-state index contributed by atoms with van der Waals surface area (Å²) in [7, 11) is 1.38. The average Bonchev–Trinajstić information content (AvgIpc) is 2.95. The van der Waals surface area contributed by atoms with Crippen LogP contribution >= 0.6 is 0 Å². The molecule has 0 aliphatic carbocycles. The van der Waals surface area contributed by atoms with E-state index in [1.165, 1.54) is 7.11 Å². The van der Waals surface area contributed by atoms with E-state index in [4.69, 9.17) is 4.74 Å². The lowest BCUT2D eigenvalue weighted by atomic mass is 9.96. The first-order chi connectivity index (χ1) is 8.15. The summed E-state index contributed by atoms with van der Waals surface area (Å²) in [5, 5.41) is 3.22. The van der Waals surface area contributed by atoms with Crippen molar-refractivity contribution in [3.05, 3.63) is 0 Å². The standard InChI is InChI=1S/C12H20N2O3/c1-8-6-13-7-9(8)11(15)14-5-3-4-10(14)12(16)17-2/h8-10,13H,3-7H2,1-2H3. The molecule has 0 aromatic carbocycles. The van der Waals surface area contributed by atoms with Gasteiger partial charge in [0.15, 0.2) is 0 Å². The third kappa shape index (κ3) is 2.29. The molecule has 3 atom stereocenters. The highest BCUT2D eigenvalue weighted by Crippen LogP contribution is 2.25. The topological polar surface area (TPSA) is 58.6 Å². The number of hydrogen-bond acceptors (Lipinski definition) is 4. The van der Waals surface area contributed by atoms with Crippen LogP contribution in [-0.4, -0.2) is 49.6 Å². The second-order valence-electron chi connectivity index (χ2n) is 4.95. The molecule has 2 heterocycles. The molecule has 96 valence electrons. The Labute approximate surface area is 101 Å². The first-order valence-corrected chi connectivity index (χ1v) is 6.24. The molecule has 1 amide bonds. The molecule has 0 saturated carbocycles. The van der Waals surface area contributed by atoms with Gasteiger partial charge < -0.3 is 15.0 Å². The van der Waals surface area contributed by atoms with Gasteiger partial charge in [0.25, 0.3) is 0 Å². The number of rotatable bonds is 2. The molecule has 5 heteroatoms. The molecule has 0 aromatic rings. The van der Waals surface area contributed by atoms with Gasteiger partial charge in [0.2, 0.25) is 5.91 Å². The molecule has 0 bridgehead atoms. The monoisotopic (exact) mass is 240 g/mol. The van der Waals surface area contributed by atoms with E-state index in [1.807, 2.05) is 0 Å². The van der Waals surface area contributed by atoms with E-state index in [-0.39, 0.29) is 23.8 Å². The number of ether oxygens (including phenoxy) is 1. The summed E-state index contributed by atoms with van der Waals surface area (Å²) >= 11 is 0. The maximum absolute atomic E-state index is 12.4. The second kappa shape index (κ2) is 5.04. The molecule has 0 radical (unpaired) electrons. The highest BCUT2D eigenvalue weighted by molar-refractivity contribution is 5.86. The van der Waals surface area contributed by atoms with Crippen LogP contribution in [0.2, 0.25) is 0 Å². The van der Waals surface area contributed by atoms with Gasteiger partial charge in [-0.15, -0.1) is 0 Å². The van der Waals surface area contributed by atoms with Crippen molar-refractivity contribution >= 4 is 11.9 Å². The van der Waals surface area contributed by atoms with Gasteiger partial charge in [-0.05, 0) is 25.3 Å². The van der Waals surface area contributed by atoms with Gasteiger partial charge in [-0.3, -0.25) is 4.79 Å². The number of esters is 1. The van der Waals surface area contributed by atoms with E-state index in [2.05, 4.69) is 12.2 Å². The van der Waals surface area contributed by atoms with E-state index in [0.29, 0.717) is 12.5 Å². The number of carbonyl (C=O) groups is 2. The predicted octanol–water partition coefficient (Wildman–Crippen LogP) is 0.00590. The molecule has 2 fully saturated rings. The fourth-order valence-electron chi connectivity index (χ4n) is 2.77. The van der Waals surface area contributed by atoms with Crippen LogP contribution < -0.4 is 5.32 Å². The van der Waals surface area contributed by atoms with Gasteiger partial charge in [0.05, 0.1) is 13.0 Å². The highest BCUT2D eigenvalue weighted by Gasteiger charge is 2.40. The highest BCUT2D eigenvalue weighted by atomic mass is 16.5. The summed E-state index contributed by atoms with van der Waals surface area (Å²) in [5.41, 5.74) is 0. The Morgan fingerprint density at radius 3 is 2.71 bits per heavy atom. The van der Waals surface area contributed by atoms with Crippen LogP contribution in [0.5, 0.6) is 0 Å². The van der Waals surface area contributed by atoms with Gasteiger partial charge in [0.1, 0.15) is 6.04 Å². The molecule has 2 rings (SSSR count). The average molecular weight is 240 g/mol. The Hall–Kier alpha value is -1.10. The molecule has 17 heavy (non-hydrogen) atoms. The van der Waals surface area contributed by atoms with Crippen LogP contribution in [0.15, 0.2) is 0 Å². The Morgan fingerprint density at radius 1 is 1.35 bits per heavy atom. The Kier molecular flexibility index (Phi) is 3.66. The smallest absolute Gasteiger partial charge is 0.328 e. The van der Waals surface area contributed by atoms with Crippen molar-refractivity contribution < 1.29 is 14.3 Å². The maximum atomic E-state index is 12.4. The summed E-state index contributed by atoms with van der Waals surface area (Å²) in [6.45, 7) is 4.37. The van der Waals surface area contributed by atoms with E-state index in [1.54, 1.807) is 4.90 Å². The van der Waals surface area contributed by atoms with E-state index >= 15 is 0 Å². The lowest BCUT2D eigenvalue weighted by Crippen LogP contribution is -2.45. The van der Waals surface area contributed by atoms with Crippen LogP contribution in [-0.2, 0) is 14.3 Å². The van der Waals surface area contributed by atoms with E-state index < -0.39 is 0 Å². The molecule has 2 saturated heterocycles. The van der Waals surface area contributed by atoms with Crippen LogP contribution in [0.25, 0.3) is 0 Å².